The molecule has 0 aliphatic rings. The zero-order valence-corrected chi connectivity index (χ0v) is 18.3. The molecule has 0 aromatic rings. The van der Waals surface area contributed by atoms with E-state index in [-0.39, 0.29) is 19.1 Å². The van der Waals surface area contributed by atoms with Crippen molar-refractivity contribution in [3.63, 3.8) is 0 Å². The Morgan fingerprint density at radius 3 is 1.50 bits per heavy atom. The SMILES string of the molecule is CCCCCCCC(=O)C(O)(C(=O)CCCCCCC)[C@@H](O)[C@H](O)[C@H](O)[C@@H](O)C=O. The Kier molecular flexibility index (Phi) is 15.0. The van der Waals surface area contributed by atoms with Crippen LogP contribution in [0.15, 0.2) is 0 Å². The number of rotatable bonds is 19. The first-order chi connectivity index (χ1) is 14.2. The summed E-state index contributed by atoms with van der Waals surface area (Å²) in [5.74, 6) is -1.87. The maximum atomic E-state index is 12.7. The van der Waals surface area contributed by atoms with E-state index in [1.54, 1.807) is 0 Å². The summed E-state index contributed by atoms with van der Waals surface area (Å²) in [6.45, 7) is 4.08. The van der Waals surface area contributed by atoms with Gasteiger partial charge in [-0.05, 0) is 12.8 Å². The number of hydrogen-bond donors (Lipinski definition) is 5. The first-order valence-electron chi connectivity index (χ1n) is 11.1. The predicted molar refractivity (Wildman–Crippen MR) is 112 cm³/mol. The number of aldehydes is 1. The number of carbonyl (C=O) groups excluding carboxylic acids is 3. The predicted octanol–water partition coefficient (Wildman–Crippen LogP) is 1.22. The van der Waals surface area contributed by atoms with Gasteiger partial charge in [-0.25, -0.2) is 0 Å². The van der Waals surface area contributed by atoms with Gasteiger partial charge in [0.1, 0.15) is 24.4 Å². The maximum Gasteiger partial charge on any atom is 0.209 e. The number of aliphatic hydroxyl groups is 5. The molecule has 8 nitrogen and oxygen atoms in total. The molecule has 0 spiro atoms. The van der Waals surface area contributed by atoms with Crippen LogP contribution in [0, 0.1) is 0 Å². The van der Waals surface area contributed by atoms with Gasteiger partial charge in [0.25, 0.3) is 0 Å². The van der Waals surface area contributed by atoms with Crippen molar-refractivity contribution in [3.8, 4) is 0 Å². The summed E-state index contributed by atoms with van der Waals surface area (Å²) in [5.41, 5.74) is -2.90. The van der Waals surface area contributed by atoms with Gasteiger partial charge >= 0.3 is 0 Å². The molecule has 0 saturated heterocycles. The van der Waals surface area contributed by atoms with E-state index >= 15 is 0 Å². The zero-order valence-electron chi connectivity index (χ0n) is 18.3. The van der Waals surface area contributed by atoms with Crippen LogP contribution in [0.25, 0.3) is 0 Å². The fraction of sp³-hybridized carbons (Fsp3) is 0.864. The summed E-state index contributed by atoms with van der Waals surface area (Å²) in [4.78, 5) is 36.1. The molecule has 0 fully saturated rings. The Morgan fingerprint density at radius 2 is 1.13 bits per heavy atom. The highest BCUT2D eigenvalue weighted by Gasteiger charge is 2.53. The number of unbranched alkanes of at least 4 members (excludes halogenated alkanes) is 8. The topological polar surface area (TPSA) is 152 Å². The first-order valence-corrected chi connectivity index (χ1v) is 11.1. The second kappa shape index (κ2) is 15.6. The molecule has 0 heterocycles. The van der Waals surface area contributed by atoms with Crippen LogP contribution in [0.5, 0.6) is 0 Å². The van der Waals surface area contributed by atoms with Crippen LogP contribution in [-0.4, -0.2) is 73.4 Å². The number of ketones is 2. The average Bonchev–Trinajstić information content (AvgIpc) is 2.75. The number of carbonyl (C=O) groups is 3. The lowest BCUT2D eigenvalue weighted by atomic mass is 9.79. The van der Waals surface area contributed by atoms with Crippen LogP contribution in [0.2, 0.25) is 0 Å². The number of aliphatic hydroxyl groups excluding tert-OH is 4. The summed E-state index contributed by atoms with van der Waals surface area (Å²) in [6, 6.07) is 0. The van der Waals surface area contributed by atoms with Crippen molar-refractivity contribution in [1.82, 2.24) is 0 Å². The molecule has 0 amide bonds. The average molecular weight is 433 g/mol. The molecule has 30 heavy (non-hydrogen) atoms. The lowest BCUT2D eigenvalue weighted by Gasteiger charge is -2.35. The molecule has 0 aromatic heterocycles. The second-order valence-electron chi connectivity index (χ2n) is 7.99. The van der Waals surface area contributed by atoms with Gasteiger partial charge in [-0.15, -0.1) is 0 Å². The molecule has 0 aliphatic carbocycles. The monoisotopic (exact) mass is 432 g/mol. The van der Waals surface area contributed by atoms with Crippen LogP contribution in [-0.2, 0) is 14.4 Å². The molecule has 8 heteroatoms. The summed E-state index contributed by atoms with van der Waals surface area (Å²) in [6.07, 6.45) is -1.17. The Hall–Kier alpha value is -1.19. The molecule has 0 aliphatic heterocycles. The van der Waals surface area contributed by atoms with Crippen LogP contribution < -0.4 is 0 Å². The lowest BCUT2D eigenvalue weighted by molar-refractivity contribution is -0.185. The largest absolute Gasteiger partial charge is 0.387 e. The molecule has 176 valence electrons. The van der Waals surface area contributed by atoms with E-state index in [1.807, 2.05) is 13.8 Å². The molecule has 0 aromatic carbocycles. The third-order valence-electron chi connectivity index (χ3n) is 5.46. The maximum absolute atomic E-state index is 12.7. The third kappa shape index (κ3) is 8.89. The molecular weight excluding hydrogens is 392 g/mol. The minimum Gasteiger partial charge on any atom is -0.387 e. The van der Waals surface area contributed by atoms with Crippen molar-refractivity contribution in [2.45, 2.75) is 121 Å². The van der Waals surface area contributed by atoms with Crippen LogP contribution in [0.4, 0.5) is 0 Å². The second-order valence-corrected chi connectivity index (χ2v) is 7.99. The standard InChI is InChI=1S/C22H40O8/c1-3-5-7-9-11-13-17(25)22(30,18(26)14-12-10-8-6-4-2)21(29)20(28)19(27)16(24)15-23/h15-16,19-21,24,27-30H,3-14H2,1-2H3/t16-,19+,20+,21-/m0/s1. The molecular formula is C22H40O8. The lowest BCUT2D eigenvalue weighted by Crippen LogP contribution is -2.63. The van der Waals surface area contributed by atoms with E-state index in [2.05, 4.69) is 0 Å². The Balaban J connectivity index is 5.32. The Morgan fingerprint density at radius 1 is 0.733 bits per heavy atom. The van der Waals surface area contributed by atoms with Crippen LogP contribution in [0.1, 0.15) is 90.9 Å². The first kappa shape index (κ1) is 28.8. The minimum atomic E-state index is -2.90. The molecule has 0 unspecified atom stereocenters. The van der Waals surface area contributed by atoms with Gasteiger partial charge in [-0.3, -0.25) is 9.59 Å². The molecule has 0 bridgehead atoms. The Labute approximate surface area is 179 Å². The van der Waals surface area contributed by atoms with E-state index < -0.39 is 41.6 Å². The minimum absolute atomic E-state index is 0.0508. The van der Waals surface area contributed by atoms with E-state index in [4.69, 9.17) is 0 Å². The molecule has 4 atom stereocenters. The highest BCUT2D eigenvalue weighted by molar-refractivity contribution is 6.10. The quantitative estimate of drug-likeness (QED) is 0.116. The van der Waals surface area contributed by atoms with E-state index in [0.717, 1.165) is 38.5 Å². The van der Waals surface area contributed by atoms with Crippen LogP contribution >= 0.6 is 0 Å². The highest BCUT2D eigenvalue weighted by atomic mass is 16.4. The van der Waals surface area contributed by atoms with Crippen molar-refractivity contribution in [2.24, 2.45) is 0 Å². The van der Waals surface area contributed by atoms with Crippen LogP contribution in [0.3, 0.4) is 0 Å². The van der Waals surface area contributed by atoms with Gasteiger partial charge in [-0.2, -0.15) is 0 Å². The van der Waals surface area contributed by atoms with Crippen molar-refractivity contribution in [1.29, 1.82) is 0 Å². The normalized spacial score (nSPS) is 16.0. The summed E-state index contributed by atoms with van der Waals surface area (Å²) >= 11 is 0. The number of hydrogen-bond acceptors (Lipinski definition) is 8. The molecule has 0 rings (SSSR count). The van der Waals surface area contributed by atoms with Gasteiger partial charge in [0.2, 0.25) is 5.60 Å². The fourth-order valence-electron chi connectivity index (χ4n) is 3.36. The smallest absolute Gasteiger partial charge is 0.209 e. The number of Topliss-reactive ketones (excluding diaryl/α,β-unsaturated/α-hetero) is 2. The third-order valence-corrected chi connectivity index (χ3v) is 5.46. The zero-order chi connectivity index (χ0) is 23.2. The molecule has 0 radical (unpaired) electrons. The van der Waals surface area contributed by atoms with Gasteiger partial charge < -0.3 is 30.3 Å². The fourth-order valence-corrected chi connectivity index (χ4v) is 3.36. The summed E-state index contributed by atoms with van der Waals surface area (Å²) in [5, 5.41) is 50.7. The van der Waals surface area contributed by atoms with Crippen molar-refractivity contribution in [2.75, 3.05) is 0 Å². The molecule has 0 saturated carbocycles. The van der Waals surface area contributed by atoms with Crippen molar-refractivity contribution < 1.29 is 39.9 Å². The summed E-state index contributed by atoms with van der Waals surface area (Å²) < 4.78 is 0. The van der Waals surface area contributed by atoms with Crippen molar-refractivity contribution >= 4 is 17.9 Å². The molecule has 5 N–H and O–H groups in total. The van der Waals surface area contributed by atoms with Gasteiger partial charge in [0.05, 0.1) is 0 Å². The summed E-state index contributed by atoms with van der Waals surface area (Å²) in [7, 11) is 0. The van der Waals surface area contributed by atoms with Gasteiger partial charge in [0, 0.05) is 12.8 Å². The highest BCUT2D eigenvalue weighted by Crippen LogP contribution is 2.25. The van der Waals surface area contributed by atoms with Crippen molar-refractivity contribution in [3.05, 3.63) is 0 Å². The Bertz CT molecular complexity index is 481. The van der Waals surface area contributed by atoms with E-state index in [9.17, 15) is 39.9 Å². The van der Waals surface area contributed by atoms with Gasteiger partial charge in [0.15, 0.2) is 17.9 Å². The van der Waals surface area contributed by atoms with E-state index in [1.165, 1.54) is 0 Å². The van der Waals surface area contributed by atoms with E-state index in [0.29, 0.717) is 25.7 Å². The van der Waals surface area contributed by atoms with Gasteiger partial charge in [-0.1, -0.05) is 65.2 Å².